The number of carbonyl (C=O) groups excluding carboxylic acids is 1. The van der Waals surface area contributed by atoms with Crippen LogP contribution in [0.25, 0.3) is 0 Å². The van der Waals surface area contributed by atoms with Gasteiger partial charge in [-0.2, -0.15) is 11.8 Å². The second-order valence-corrected chi connectivity index (χ2v) is 7.25. The van der Waals surface area contributed by atoms with Gasteiger partial charge in [0.15, 0.2) is 0 Å². The number of benzene rings is 1. The Bertz CT molecular complexity index is 490. The lowest BCUT2D eigenvalue weighted by molar-refractivity contribution is -0.138. The number of hydrogen-bond donors (Lipinski definition) is 2. The number of carboxylic acids is 1. The number of amides is 1. The molecule has 0 saturated heterocycles. The fraction of sp³-hybridized carbons (Fsp3) is 0.500. The summed E-state index contributed by atoms with van der Waals surface area (Å²) in [6.45, 7) is 6.26. The van der Waals surface area contributed by atoms with E-state index in [2.05, 4.69) is 5.32 Å². The molecule has 22 heavy (non-hydrogen) atoms. The predicted octanol–water partition coefficient (Wildman–Crippen LogP) is 3.29. The van der Waals surface area contributed by atoms with Gasteiger partial charge in [0.1, 0.15) is 12.6 Å². The largest absolute Gasteiger partial charge is 0.480 e. The number of nitrogens with one attached hydrogen (secondary N) is 1. The maximum atomic E-state index is 11.7. The fourth-order valence-corrected chi connectivity index (χ4v) is 2.54. The molecule has 0 unspecified atom stereocenters. The Hall–Kier alpha value is -1.69. The zero-order valence-corrected chi connectivity index (χ0v) is 14.0. The van der Waals surface area contributed by atoms with E-state index in [4.69, 9.17) is 4.74 Å². The Morgan fingerprint density at radius 3 is 2.50 bits per heavy atom. The minimum atomic E-state index is -1.06. The first-order chi connectivity index (χ1) is 10.3. The summed E-state index contributed by atoms with van der Waals surface area (Å²) in [5, 5.41) is 11.6. The maximum Gasteiger partial charge on any atom is 0.408 e. The van der Waals surface area contributed by atoms with E-state index < -0.39 is 18.1 Å². The molecule has 0 bridgehead atoms. The fourth-order valence-electron chi connectivity index (χ4n) is 1.49. The van der Waals surface area contributed by atoms with Crippen molar-refractivity contribution in [1.82, 2.24) is 5.32 Å². The molecule has 1 rings (SSSR count). The molecule has 0 aliphatic heterocycles. The van der Waals surface area contributed by atoms with Crippen molar-refractivity contribution in [3.05, 3.63) is 35.9 Å². The Balaban J connectivity index is 2.45. The molecule has 0 saturated carbocycles. The molecule has 6 heteroatoms. The molecule has 0 aliphatic rings. The van der Waals surface area contributed by atoms with E-state index >= 15 is 0 Å². The van der Waals surface area contributed by atoms with Crippen molar-refractivity contribution < 1.29 is 19.4 Å². The van der Waals surface area contributed by atoms with Gasteiger partial charge in [0.05, 0.1) is 0 Å². The summed E-state index contributed by atoms with van der Waals surface area (Å²) in [4.78, 5) is 23.0. The molecule has 1 aromatic carbocycles. The van der Waals surface area contributed by atoms with E-state index in [9.17, 15) is 14.7 Å². The Labute approximate surface area is 135 Å². The molecule has 0 aromatic heterocycles. The Kier molecular flexibility index (Phi) is 7.24. The standard InChI is InChI=1S/C16H23NO4S/c1-4-16(2,3)22-11-13(14(18)19)17-15(20)21-10-12-8-6-5-7-9-12/h5-9,13H,4,10-11H2,1-3H3,(H,17,20)(H,18,19)/t13-/m0/s1. The van der Waals surface area contributed by atoms with E-state index in [0.717, 1.165) is 12.0 Å². The second kappa shape index (κ2) is 8.68. The van der Waals surface area contributed by atoms with Crippen LogP contribution in [0.15, 0.2) is 30.3 Å². The number of alkyl carbamates (subject to hydrolysis) is 1. The van der Waals surface area contributed by atoms with Crippen LogP contribution < -0.4 is 5.32 Å². The molecule has 1 atom stereocenters. The van der Waals surface area contributed by atoms with Crippen LogP contribution in [0.2, 0.25) is 0 Å². The highest BCUT2D eigenvalue weighted by molar-refractivity contribution is 8.00. The zero-order valence-electron chi connectivity index (χ0n) is 13.2. The smallest absolute Gasteiger partial charge is 0.408 e. The van der Waals surface area contributed by atoms with Gasteiger partial charge < -0.3 is 15.2 Å². The lowest BCUT2D eigenvalue weighted by Crippen LogP contribution is -2.43. The van der Waals surface area contributed by atoms with Crippen molar-refractivity contribution in [2.24, 2.45) is 0 Å². The molecule has 2 N–H and O–H groups in total. The number of thioether (sulfide) groups is 1. The molecule has 0 aliphatic carbocycles. The van der Waals surface area contributed by atoms with E-state index in [-0.39, 0.29) is 11.4 Å². The second-order valence-electron chi connectivity index (χ2n) is 5.52. The van der Waals surface area contributed by atoms with Crippen molar-refractivity contribution in [2.45, 2.75) is 44.6 Å². The van der Waals surface area contributed by atoms with Gasteiger partial charge in [-0.15, -0.1) is 0 Å². The van der Waals surface area contributed by atoms with Gasteiger partial charge in [0.2, 0.25) is 0 Å². The number of hydrogen-bond acceptors (Lipinski definition) is 4. The van der Waals surface area contributed by atoms with Gasteiger partial charge in [0, 0.05) is 10.5 Å². The van der Waals surface area contributed by atoms with Crippen LogP contribution in [0.1, 0.15) is 32.8 Å². The number of carbonyl (C=O) groups is 2. The maximum absolute atomic E-state index is 11.7. The molecule has 0 radical (unpaired) electrons. The van der Waals surface area contributed by atoms with Gasteiger partial charge in [-0.1, -0.05) is 51.1 Å². The summed E-state index contributed by atoms with van der Waals surface area (Å²) in [7, 11) is 0. The molecule has 0 spiro atoms. The molecule has 122 valence electrons. The van der Waals surface area contributed by atoms with E-state index in [1.165, 1.54) is 11.8 Å². The number of rotatable bonds is 8. The third-order valence-electron chi connectivity index (χ3n) is 3.30. The third-order valence-corrected chi connectivity index (χ3v) is 4.87. The van der Waals surface area contributed by atoms with Crippen molar-refractivity contribution in [3.63, 3.8) is 0 Å². The quantitative estimate of drug-likeness (QED) is 0.767. The van der Waals surface area contributed by atoms with Crippen LogP contribution >= 0.6 is 11.8 Å². The zero-order chi connectivity index (χ0) is 16.6. The summed E-state index contributed by atoms with van der Waals surface area (Å²) in [5.74, 6) is -0.757. The topological polar surface area (TPSA) is 75.6 Å². The van der Waals surface area contributed by atoms with Crippen molar-refractivity contribution in [2.75, 3.05) is 5.75 Å². The van der Waals surface area contributed by atoms with Gasteiger partial charge in [0.25, 0.3) is 0 Å². The summed E-state index contributed by atoms with van der Waals surface area (Å²) in [6.07, 6.45) is 0.203. The highest BCUT2D eigenvalue weighted by atomic mass is 32.2. The van der Waals surface area contributed by atoms with E-state index in [1.54, 1.807) is 0 Å². The summed E-state index contributed by atoms with van der Waals surface area (Å²) in [5.41, 5.74) is 0.853. The lowest BCUT2D eigenvalue weighted by Gasteiger charge is -2.24. The average Bonchev–Trinajstić information content (AvgIpc) is 2.50. The molecule has 5 nitrogen and oxygen atoms in total. The molecule has 1 aromatic rings. The number of aliphatic carboxylic acids is 1. The highest BCUT2D eigenvalue weighted by Gasteiger charge is 2.25. The first kappa shape index (κ1) is 18.4. The Morgan fingerprint density at radius 1 is 1.32 bits per heavy atom. The van der Waals surface area contributed by atoms with Crippen molar-refractivity contribution in [3.8, 4) is 0 Å². The van der Waals surface area contributed by atoms with Crippen LogP contribution in [0.3, 0.4) is 0 Å². The van der Waals surface area contributed by atoms with Gasteiger partial charge >= 0.3 is 12.1 Å². The monoisotopic (exact) mass is 325 g/mol. The predicted molar refractivity (Wildman–Crippen MR) is 88.0 cm³/mol. The van der Waals surface area contributed by atoms with Crippen LogP contribution in [-0.2, 0) is 16.1 Å². The molecule has 1 amide bonds. The number of carboxylic acid groups (broad SMARTS) is 1. The minimum absolute atomic E-state index is 0.0245. The first-order valence-electron chi connectivity index (χ1n) is 7.18. The number of ether oxygens (including phenoxy) is 1. The van der Waals surface area contributed by atoms with Crippen molar-refractivity contribution >= 4 is 23.8 Å². The first-order valence-corrected chi connectivity index (χ1v) is 8.16. The van der Waals surface area contributed by atoms with Crippen molar-refractivity contribution in [1.29, 1.82) is 0 Å². The summed E-state index contributed by atoms with van der Waals surface area (Å²) in [6, 6.07) is 8.28. The molecule has 0 fully saturated rings. The molecular weight excluding hydrogens is 302 g/mol. The molecular formula is C16H23NO4S. The lowest BCUT2D eigenvalue weighted by atomic mass is 10.1. The average molecular weight is 325 g/mol. The normalized spacial score (nSPS) is 12.5. The summed E-state index contributed by atoms with van der Waals surface area (Å²) < 4.78 is 5.02. The van der Waals surface area contributed by atoms with E-state index in [0.29, 0.717) is 5.75 Å². The third kappa shape index (κ3) is 6.85. The Morgan fingerprint density at radius 2 is 1.95 bits per heavy atom. The van der Waals surface area contributed by atoms with Crippen LogP contribution in [-0.4, -0.2) is 33.7 Å². The minimum Gasteiger partial charge on any atom is -0.480 e. The van der Waals surface area contributed by atoms with Gasteiger partial charge in [-0.25, -0.2) is 9.59 Å². The highest BCUT2D eigenvalue weighted by Crippen LogP contribution is 2.28. The molecule has 0 heterocycles. The van der Waals surface area contributed by atoms with Crippen LogP contribution in [0.5, 0.6) is 0 Å². The summed E-state index contributed by atoms with van der Waals surface area (Å²) >= 11 is 1.52. The van der Waals surface area contributed by atoms with Gasteiger partial charge in [-0.3, -0.25) is 0 Å². The van der Waals surface area contributed by atoms with Gasteiger partial charge in [-0.05, 0) is 12.0 Å². The van der Waals surface area contributed by atoms with Crippen LogP contribution in [0.4, 0.5) is 4.79 Å². The SMILES string of the molecule is CCC(C)(C)SC[C@H](NC(=O)OCc1ccccc1)C(=O)O. The van der Waals surface area contributed by atoms with Crippen LogP contribution in [0, 0.1) is 0 Å². The van der Waals surface area contributed by atoms with E-state index in [1.807, 2.05) is 51.1 Å².